The smallest absolute Gasteiger partial charge is 0.322 e. The second kappa shape index (κ2) is 8.15. The maximum absolute atomic E-state index is 13.8. The number of amides is 1. The van der Waals surface area contributed by atoms with Gasteiger partial charge in [-0.1, -0.05) is 36.4 Å². The quantitative estimate of drug-likeness (QED) is 0.530. The Balaban J connectivity index is 1.72. The van der Waals surface area contributed by atoms with Crippen molar-refractivity contribution in [3.8, 4) is 0 Å². The summed E-state index contributed by atoms with van der Waals surface area (Å²) in [4.78, 5) is 12.8. The number of hydrogen-bond acceptors (Lipinski definition) is 2. The van der Waals surface area contributed by atoms with Gasteiger partial charge in [0.1, 0.15) is 5.82 Å². The van der Waals surface area contributed by atoms with Crippen LogP contribution in [0, 0.1) is 12.7 Å². The molecule has 1 atom stereocenters. The van der Waals surface area contributed by atoms with Crippen LogP contribution in [0.1, 0.15) is 44.2 Å². The van der Waals surface area contributed by atoms with Crippen molar-refractivity contribution < 1.29 is 22.4 Å². The highest BCUT2D eigenvalue weighted by molar-refractivity contribution is 6.05. The van der Waals surface area contributed by atoms with Gasteiger partial charge in [-0.15, -0.1) is 0 Å². The molecule has 0 aliphatic carbocycles. The van der Waals surface area contributed by atoms with Crippen molar-refractivity contribution in [1.29, 1.82) is 0 Å². The van der Waals surface area contributed by atoms with Gasteiger partial charge in [-0.05, 0) is 54.3 Å². The molecule has 7 heteroatoms. The van der Waals surface area contributed by atoms with Crippen LogP contribution in [0.25, 0.3) is 0 Å². The minimum absolute atomic E-state index is 0.181. The Kier molecular flexibility index (Phi) is 5.54. The van der Waals surface area contributed by atoms with Crippen LogP contribution in [0.4, 0.5) is 23.2 Å². The molecular formula is C24H20F4N2O. The van der Waals surface area contributed by atoms with E-state index < -0.39 is 23.5 Å². The standard InChI is InChI=1S/C24H20F4N2O/c1-14-5-2-3-7-19(14)22-21-15(9-10-29-22)6-4-8-20(21)30-23(31)16-11-17(24(26,27)28)13-18(25)12-16/h2-8,11-13,22,29H,9-10H2,1H3,(H,30,31). The summed E-state index contributed by atoms with van der Waals surface area (Å²) in [6.45, 7) is 2.75. The summed E-state index contributed by atoms with van der Waals surface area (Å²) >= 11 is 0. The number of alkyl halides is 3. The number of anilines is 1. The Morgan fingerprint density at radius 3 is 2.58 bits per heavy atom. The first kappa shape index (κ1) is 21.1. The van der Waals surface area contributed by atoms with Crippen molar-refractivity contribution in [2.24, 2.45) is 0 Å². The summed E-state index contributed by atoms with van der Waals surface area (Å²) in [6.07, 6.45) is -4.00. The van der Waals surface area contributed by atoms with E-state index in [1.807, 2.05) is 37.3 Å². The number of carbonyl (C=O) groups is 1. The van der Waals surface area contributed by atoms with Gasteiger partial charge in [0.05, 0.1) is 11.6 Å². The van der Waals surface area contributed by atoms with Crippen LogP contribution in [0.15, 0.2) is 60.7 Å². The summed E-state index contributed by atoms with van der Waals surface area (Å²) in [7, 11) is 0. The number of rotatable bonds is 3. The highest BCUT2D eigenvalue weighted by atomic mass is 19.4. The second-order valence-corrected chi connectivity index (χ2v) is 7.55. The minimum Gasteiger partial charge on any atom is -0.322 e. The van der Waals surface area contributed by atoms with Crippen LogP contribution >= 0.6 is 0 Å². The van der Waals surface area contributed by atoms with E-state index in [1.165, 1.54) is 0 Å². The molecule has 1 unspecified atom stereocenters. The molecule has 3 aromatic rings. The van der Waals surface area contributed by atoms with Gasteiger partial charge >= 0.3 is 6.18 Å². The van der Waals surface area contributed by atoms with Crippen molar-refractivity contribution in [1.82, 2.24) is 5.32 Å². The van der Waals surface area contributed by atoms with Gasteiger partial charge in [0.15, 0.2) is 0 Å². The number of benzene rings is 3. The molecule has 0 bridgehead atoms. The molecule has 0 radical (unpaired) electrons. The zero-order chi connectivity index (χ0) is 22.2. The van der Waals surface area contributed by atoms with Gasteiger partial charge in [-0.3, -0.25) is 4.79 Å². The topological polar surface area (TPSA) is 41.1 Å². The zero-order valence-electron chi connectivity index (χ0n) is 16.7. The van der Waals surface area contributed by atoms with Crippen molar-refractivity contribution in [3.05, 3.63) is 99.9 Å². The SMILES string of the molecule is Cc1ccccc1C1NCCc2cccc(NC(=O)c3cc(F)cc(C(F)(F)F)c3)c21. The number of nitrogens with one attached hydrogen (secondary N) is 2. The fraction of sp³-hybridized carbons (Fsp3) is 0.208. The molecule has 0 spiro atoms. The third-order valence-electron chi connectivity index (χ3n) is 5.46. The molecule has 0 fully saturated rings. The van der Waals surface area contributed by atoms with Crippen molar-refractivity contribution in [2.45, 2.75) is 25.6 Å². The fourth-order valence-electron chi connectivity index (χ4n) is 3.99. The lowest BCUT2D eigenvalue weighted by Gasteiger charge is -2.30. The van der Waals surface area contributed by atoms with Gasteiger partial charge < -0.3 is 10.6 Å². The molecule has 31 heavy (non-hydrogen) atoms. The molecule has 1 amide bonds. The fourth-order valence-corrected chi connectivity index (χ4v) is 3.99. The molecule has 1 aliphatic heterocycles. The average molecular weight is 428 g/mol. The number of carbonyl (C=O) groups excluding carboxylic acids is 1. The maximum Gasteiger partial charge on any atom is 0.416 e. The minimum atomic E-state index is -4.75. The molecular weight excluding hydrogens is 408 g/mol. The number of halogens is 4. The summed E-state index contributed by atoms with van der Waals surface area (Å²) < 4.78 is 52.9. The van der Waals surface area contributed by atoms with Gasteiger partial charge in [-0.25, -0.2) is 4.39 Å². The van der Waals surface area contributed by atoms with E-state index in [4.69, 9.17) is 0 Å². The summed E-state index contributed by atoms with van der Waals surface area (Å²) in [5, 5.41) is 6.16. The first-order valence-corrected chi connectivity index (χ1v) is 9.84. The summed E-state index contributed by atoms with van der Waals surface area (Å²) in [5.74, 6) is -1.91. The lowest BCUT2D eigenvalue weighted by molar-refractivity contribution is -0.137. The number of aryl methyl sites for hydroxylation is 1. The maximum atomic E-state index is 13.8. The van der Waals surface area contributed by atoms with Crippen molar-refractivity contribution in [3.63, 3.8) is 0 Å². The second-order valence-electron chi connectivity index (χ2n) is 7.55. The van der Waals surface area contributed by atoms with E-state index in [-0.39, 0.29) is 11.6 Å². The third kappa shape index (κ3) is 4.32. The van der Waals surface area contributed by atoms with Crippen LogP contribution < -0.4 is 10.6 Å². The lowest BCUT2D eigenvalue weighted by atomic mass is 9.86. The third-order valence-corrected chi connectivity index (χ3v) is 5.46. The molecule has 3 nitrogen and oxygen atoms in total. The number of hydrogen-bond donors (Lipinski definition) is 2. The Morgan fingerprint density at radius 2 is 1.84 bits per heavy atom. The van der Waals surface area contributed by atoms with Crippen molar-refractivity contribution in [2.75, 3.05) is 11.9 Å². The molecule has 160 valence electrons. The highest BCUT2D eigenvalue weighted by Crippen LogP contribution is 2.36. The molecule has 2 N–H and O–H groups in total. The predicted molar refractivity (Wildman–Crippen MR) is 111 cm³/mol. The predicted octanol–water partition coefficient (Wildman–Crippen LogP) is 5.64. The van der Waals surface area contributed by atoms with E-state index in [0.717, 1.165) is 41.3 Å². The Labute approximate surface area is 177 Å². The molecule has 1 heterocycles. The lowest BCUT2D eigenvalue weighted by Crippen LogP contribution is -2.32. The molecule has 3 aromatic carbocycles. The van der Waals surface area contributed by atoms with Crippen LogP contribution in [0.2, 0.25) is 0 Å². The Hall–Kier alpha value is -3.19. The van der Waals surface area contributed by atoms with Crippen LogP contribution in [-0.4, -0.2) is 12.5 Å². The van der Waals surface area contributed by atoms with Crippen molar-refractivity contribution >= 4 is 11.6 Å². The summed E-state index contributed by atoms with van der Waals surface area (Å²) in [5.41, 5.74) is 2.93. The molecule has 0 saturated carbocycles. The van der Waals surface area contributed by atoms with Gasteiger partial charge in [-0.2, -0.15) is 13.2 Å². The van der Waals surface area contributed by atoms with E-state index >= 15 is 0 Å². The number of fused-ring (bicyclic) bond motifs is 1. The van der Waals surface area contributed by atoms with Crippen LogP contribution in [0.3, 0.4) is 0 Å². The van der Waals surface area contributed by atoms with Gasteiger partial charge in [0.2, 0.25) is 0 Å². The molecule has 4 rings (SSSR count). The molecule has 0 aromatic heterocycles. The highest BCUT2D eigenvalue weighted by Gasteiger charge is 2.32. The molecule has 1 aliphatic rings. The average Bonchev–Trinajstić information content (AvgIpc) is 2.73. The van der Waals surface area contributed by atoms with Gasteiger partial charge in [0.25, 0.3) is 5.91 Å². The first-order chi connectivity index (χ1) is 14.7. The first-order valence-electron chi connectivity index (χ1n) is 9.84. The van der Waals surface area contributed by atoms with E-state index in [0.29, 0.717) is 17.8 Å². The van der Waals surface area contributed by atoms with Crippen LogP contribution in [0.5, 0.6) is 0 Å². The van der Waals surface area contributed by atoms with Gasteiger partial charge in [0, 0.05) is 23.4 Å². The monoisotopic (exact) mass is 428 g/mol. The molecule has 0 saturated heterocycles. The Bertz CT molecular complexity index is 1140. The van der Waals surface area contributed by atoms with E-state index in [1.54, 1.807) is 12.1 Å². The zero-order valence-corrected chi connectivity index (χ0v) is 16.7. The van der Waals surface area contributed by atoms with Crippen LogP contribution in [-0.2, 0) is 12.6 Å². The Morgan fingerprint density at radius 1 is 1.06 bits per heavy atom. The normalized spacial score (nSPS) is 16.0. The summed E-state index contributed by atoms with van der Waals surface area (Å²) in [6, 6.07) is 15.0. The van der Waals surface area contributed by atoms with E-state index in [2.05, 4.69) is 10.6 Å². The van der Waals surface area contributed by atoms with E-state index in [9.17, 15) is 22.4 Å². The largest absolute Gasteiger partial charge is 0.416 e.